The standard InChI is InChI=1S/C22H22ClNO4/c1-4-26-20-12-15(9-10-19(20)27-13-14(2)3)11-18-22(25)28-21(24-18)16-7-5-6-8-17(16)23/h5-12,14H,4,13H2,1-3H3/b18-11-. The van der Waals surface area contributed by atoms with E-state index in [1.807, 2.05) is 31.2 Å². The van der Waals surface area contributed by atoms with Crippen molar-refractivity contribution in [2.45, 2.75) is 20.8 Å². The van der Waals surface area contributed by atoms with Crippen LogP contribution in [-0.4, -0.2) is 25.1 Å². The molecule has 0 aliphatic carbocycles. The highest BCUT2D eigenvalue weighted by molar-refractivity contribution is 6.34. The smallest absolute Gasteiger partial charge is 0.363 e. The fourth-order valence-corrected chi connectivity index (χ4v) is 2.79. The van der Waals surface area contributed by atoms with Crippen LogP contribution in [-0.2, 0) is 9.53 Å². The van der Waals surface area contributed by atoms with Crippen molar-refractivity contribution in [3.05, 3.63) is 64.3 Å². The third kappa shape index (κ3) is 4.73. The third-order valence-corrected chi connectivity index (χ3v) is 4.20. The maximum absolute atomic E-state index is 12.2. The Morgan fingerprint density at radius 1 is 1.14 bits per heavy atom. The monoisotopic (exact) mass is 399 g/mol. The van der Waals surface area contributed by atoms with Crippen molar-refractivity contribution >= 4 is 29.5 Å². The molecule has 1 aliphatic heterocycles. The second kappa shape index (κ2) is 8.93. The first-order chi connectivity index (χ1) is 13.5. The largest absolute Gasteiger partial charge is 0.490 e. The number of esters is 1. The van der Waals surface area contributed by atoms with Crippen LogP contribution >= 0.6 is 11.6 Å². The van der Waals surface area contributed by atoms with Crippen LogP contribution in [0.15, 0.2) is 53.2 Å². The van der Waals surface area contributed by atoms with Crippen LogP contribution in [0, 0.1) is 5.92 Å². The van der Waals surface area contributed by atoms with Crippen LogP contribution in [0.3, 0.4) is 0 Å². The molecule has 0 spiro atoms. The van der Waals surface area contributed by atoms with Gasteiger partial charge in [0.15, 0.2) is 17.2 Å². The number of hydrogen-bond acceptors (Lipinski definition) is 5. The Labute approximate surface area is 169 Å². The van der Waals surface area contributed by atoms with Crippen molar-refractivity contribution in [1.29, 1.82) is 0 Å². The summed E-state index contributed by atoms with van der Waals surface area (Å²) in [5.41, 5.74) is 1.54. The van der Waals surface area contributed by atoms with Crippen LogP contribution in [0.25, 0.3) is 6.08 Å². The van der Waals surface area contributed by atoms with Gasteiger partial charge in [0.25, 0.3) is 0 Å². The van der Waals surface area contributed by atoms with Crippen molar-refractivity contribution in [3.8, 4) is 11.5 Å². The van der Waals surface area contributed by atoms with Crippen LogP contribution in [0.5, 0.6) is 11.5 Å². The summed E-state index contributed by atoms with van der Waals surface area (Å²) in [7, 11) is 0. The van der Waals surface area contributed by atoms with Gasteiger partial charge in [-0.05, 0) is 48.7 Å². The van der Waals surface area contributed by atoms with Crippen molar-refractivity contribution in [2.24, 2.45) is 10.9 Å². The Hall–Kier alpha value is -2.79. The molecular formula is C22H22ClNO4. The van der Waals surface area contributed by atoms with Gasteiger partial charge >= 0.3 is 5.97 Å². The molecule has 0 saturated heterocycles. The maximum atomic E-state index is 12.2. The molecule has 0 N–H and O–H groups in total. The van der Waals surface area contributed by atoms with E-state index in [1.165, 1.54) is 0 Å². The quantitative estimate of drug-likeness (QED) is 0.479. The lowest BCUT2D eigenvalue weighted by Crippen LogP contribution is -2.06. The SMILES string of the molecule is CCOc1cc(/C=C2\N=C(c3ccccc3Cl)OC2=O)ccc1OCC(C)C. The van der Waals surface area contributed by atoms with E-state index in [0.717, 1.165) is 5.56 Å². The molecule has 2 aromatic rings. The topological polar surface area (TPSA) is 57.1 Å². The van der Waals surface area contributed by atoms with Gasteiger partial charge in [-0.2, -0.15) is 0 Å². The highest BCUT2D eigenvalue weighted by Gasteiger charge is 2.25. The Balaban J connectivity index is 1.88. The molecule has 2 aromatic carbocycles. The average Bonchev–Trinajstić information content (AvgIpc) is 3.02. The zero-order chi connectivity index (χ0) is 20.1. The van der Waals surface area contributed by atoms with E-state index in [4.69, 9.17) is 25.8 Å². The maximum Gasteiger partial charge on any atom is 0.363 e. The zero-order valence-corrected chi connectivity index (χ0v) is 16.8. The summed E-state index contributed by atoms with van der Waals surface area (Å²) in [5, 5.41) is 0.473. The molecule has 1 heterocycles. The summed E-state index contributed by atoms with van der Waals surface area (Å²) in [5.74, 6) is 1.38. The number of rotatable bonds is 7. The molecule has 0 bridgehead atoms. The van der Waals surface area contributed by atoms with Gasteiger partial charge in [0.1, 0.15) is 0 Å². The normalized spacial score (nSPS) is 15.0. The number of carbonyl (C=O) groups excluding carboxylic acids is 1. The van der Waals surface area contributed by atoms with E-state index < -0.39 is 5.97 Å². The minimum absolute atomic E-state index is 0.198. The molecule has 5 nitrogen and oxygen atoms in total. The van der Waals surface area contributed by atoms with Crippen LogP contribution in [0.1, 0.15) is 31.9 Å². The summed E-state index contributed by atoms with van der Waals surface area (Å²) < 4.78 is 16.8. The highest BCUT2D eigenvalue weighted by Crippen LogP contribution is 2.31. The van der Waals surface area contributed by atoms with Gasteiger partial charge in [-0.1, -0.05) is 43.6 Å². The van der Waals surface area contributed by atoms with E-state index in [1.54, 1.807) is 24.3 Å². The third-order valence-electron chi connectivity index (χ3n) is 3.87. The molecule has 0 amide bonds. The first kappa shape index (κ1) is 20.0. The number of ether oxygens (including phenoxy) is 3. The fraction of sp³-hybridized carbons (Fsp3) is 0.273. The predicted molar refractivity (Wildman–Crippen MR) is 110 cm³/mol. The van der Waals surface area contributed by atoms with Crippen molar-refractivity contribution in [1.82, 2.24) is 0 Å². The van der Waals surface area contributed by atoms with Gasteiger partial charge in [-0.3, -0.25) is 0 Å². The number of aliphatic imine (C=N–C) groups is 1. The van der Waals surface area contributed by atoms with Crippen LogP contribution < -0.4 is 9.47 Å². The molecular weight excluding hydrogens is 378 g/mol. The van der Waals surface area contributed by atoms with E-state index >= 15 is 0 Å². The summed E-state index contributed by atoms with van der Waals surface area (Å²) in [6.45, 7) is 7.18. The molecule has 146 valence electrons. The van der Waals surface area contributed by atoms with Crippen LogP contribution in [0.4, 0.5) is 0 Å². The van der Waals surface area contributed by atoms with Crippen LogP contribution in [0.2, 0.25) is 5.02 Å². The number of nitrogens with zero attached hydrogens (tertiary/aromatic N) is 1. The number of carbonyl (C=O) groups is 1. The number of cyclic esters (lactones) is 1. The average molecular weight is 400 g/mol. The summed E-state index contributed by atoms with van der Waals surface area (Å²) in [4.78, 5) is 16.5. The molecule has 0 fully saturated rings. The van der Waals surface area contributed by atoms with E-state index in [0.29, 0.717) is 41.2 Å². The van der Waals surface area contributed by atoms with E-state index in [2.05, 4.69) is 18.8 Å². The van der Waals surface area contributed by atoms with Crippen molar-refractivity contribution in [2.75, 3.05) is 13.2 Å². The van der Waals surface area contributed by atoms with Gasteiger partial charge in [0.2, 0.25) is 5.90 Å². The zero-order valence-electron chi connectivity index (χ0n) is 16.1. The van der Waals surface area contributed by atoms with Gasteiger partial charge < -0.3 is 14.2 Å². The molecule has 28 heavy (non-hydrogen) atoms. The predicted octanol–water partition coefficient (Wildman–Crippen LogP) is 5.12. The number of hydrogen-bond donors (Lipinski definition) is 0. The summed E-state index contributed by atoms with van der Waals surface area (Å²) in [6, 6.07) is 12.6. The molecule has 0 radical (unpaired) electrons. The lowest BCUT2D eigenvalue weighted by molar-refractivity contribution is -0.129. The Kier molecular flexibility index (Phi) is 6.37. The second-order valence-electron chi connectivity index (χ2n) is 6.66. The highest BCUT2D eigenvalue weighted by atomic mass is 35.5. The van der Waals surface area contributed by atoms with Crippen molar-refractivity contribution < 1.29 is 19.0 Å². The fourth-order valence-electron chi connectivity index (χ4n) is 2.58. The molecule has 0 aromatic heterocycles. The number of benzene rings is 2. The molecule has 3 rings (SSSR count). The number of halogens is 1. The molecule has 1 aliphatic rings. The summed E-state index contributed by atoms with van der Waals surface area (Å²) >= 11 is 6.16. The molecule has 0 unspecified atom stereocenters. The summed E-state index contributed by atoms with van der Waals surface area (Å²) in [6.07, 6.45) is 1.65. The van der Waals surface area contributed by atoms with Gasteiger partial charge in [0, 0.05) is 0 Å². The molecule has 0 atom stereocenters. The van der Waals surface area contributed by atoms with E-state index in [9.17, 15) is 4.79 Å². The van der Waals surface area contributed by atoms with Gasteiger partial charge in [-0.15, -0.1) is 0 Å². The Morgan fingerprint density at radius 3 is 2.64 bits per heavy atom. The van der Waals surface area contributed by atoms with E-state index in [-0.39, 0.29) is 11.6 Å². The first-order valence-electron chi connectivity index (χ1n) is 9.15. The molecule has 0 saturated carbocycles. The second-order valence-corrected chi connectivity index (χ2v) is 7.07. The first-order valence-corrected chi connectivity index (χ1v) is 9.52. The lowest BCUT2D eigenvalue weighted by Gasteiger charge is -2.14. The lowest BCUT2D eigenvalue weighted by atomic mass is 10.1. The Bertz CT molecular complexity index is 934. The minimum atomic E-state index is -0.520. The Morgan fingerprint density at radius 2 is 1.93 bits per heavy atom. The minimum Gasteiger partial charge on any atom is -0.490 e. The van der Waals surface area contributed by atoms with Gasteiger partial charge in [0.05, 0.1) is 23.8 Å². The van der Waals surface area contributed by atoms with Gasteiger partial charge in [-0.25, -0.2) is 9.79 Å². The molecule has 6 heteroatoms. The van der Waals surface area contributed by atoms with Crippen molar-refractivity contribution in [3.63, 3.8) is 0 Å².